The van der Waals surface area contributed by atoms with Gasteiger partial charge in [0.15, 0.2) is 0 Å². The van der Waals surface area contributed by atoms with Crippen LogP contribution in [0.3, 0.4) is 0 Å². The summed E-state index contributed by atoms with van der Waals surface area (Å²) in [5.41, 5.74) is 1.48. The van der Waals surface area contributed by atoms with E-state index in [1.807, 2.05) is 13.0 Å². The van der Waals surface area contributed by atoms with Crippen molar-refractivity contribution >= 4 is 0 Å². The van der Waals surface area contributed by atoms with Gasteiger partial charge in [-0.25, -0.2) is 0 Å². The maximum atomic E-state index is 9.01. The number of rotatable bonds is 1. The van der Waals surface area contributed by atoms with Crippen LogP contribution in [0, 0.1) is 6.92 Å². The van der Waals surface area contributed by atoms with Crippen molar-refractivity contribution < 1.29 is 5.11 Å². The molecule has 54 valence electrons. The molecule has 0 aliphatic carbocycles. The summed E-state index contributed by atoms with van der Waals surface area (Å²) in [6, 6.07) is 3.60. The Morgan fingerprint density at radius 3 is 2.50 bits per heavy atom. The average molecular weight is 138 g/mol. The third kappa shape index (κ3) is 1.51. The van der Waals surface area contributed by atoms with Crippen molar-refractivity contribution in [3.63, 3.8) is 0 Å². The molecule has 0 saturated heterocycles. The average Bonchev–Trinajstić information content (AvgIpc) is 1.88. The lowest BCUT2D eigenvalue weighted by atomic mass is 10.2. The van der Waals surface area contributed by atoms with Crippen LogP contribution in [0.15, 0.2) is 12.1 Å². The van der Waals surface area contributed by atoms with Crippen molar-refractivity contribution in [3.8, 4) is 0 Å². The number of aliphatic hydroxyl groups is 1. The number of aromatic nitrogens is 2. The number of nitrogens with zero attached hydrogens (tertiary/aromatic N) is 2. The minimum Gasteiger partial charge on any atom is -0.387 e. The molecule has 1 heterocycles. The van der Waals surface area contributed by atoms with Crippen molar-refractivity contribution in [2.75, 3.05) is 0 Å². The summed E-state index contributed by atoms with van der Waals surface area (Å²) >= 11 is 0. The molecule has 0 radical (unpaired) electrons. The smallest absolute Gasteiger partial charge is 0.0950 e. The number of aliphatic hydroxyl groups excluding tert-OH is 1. The second-order valence-corrected chi connectivity index (χ2v) is 2.28. The molecule has 10 heavy (non-hydrogen) atoms. The highest BCUT2D eigenvalue weighted by Crippen LogP contribution is 2.05. The quantitative estimate of drug-likeness (QED) is 0.625. The molecule has 1 aromatic heterocycles. The topological polar surface area (TPSA) is 46.0 Å². The Labute approximate surface area is 59.7 Å². The summed E-state index contributed by atoms with van der Waals surface area (Å²) in [5.74, 6) is 0. The van der Waals surface area contributed by atoms with Crippen molar-refractivity contribution in [2.45, 2.75) is 20.0 Å². The van der Waals surface area contributed by atoms with Crippen molar-refractivity contribution in [2.24, 2.45) is 0 Å². The molecule has 1 unspecified atom stereocenters. The Kier molecular flexibility index (Phi) is 1.97. The maximum absolute atomic E-state index is 9.01. The lowest BCUT2D eigenvalue weighted by Gasteiger charge is -2.00. The van der Waals surface area contributed by atoms with E-state index in [0.29, 0.717) is 5.69 Å². The van der Waals surface area contributed by atoms with Crippen molar-refractivity contribution in [1.82, 2.24) is 10.2 Å². The van der Waals surface area contributed by atoms with Gasteiger partial charge in [0.1, 0.15) is 0 Å². The van der Waals surface area contributed by atoms with Crippen LogP contribution in [0.1, 0.15) is 24.4 Å². The van der Waals surface area contributed by atoms with Crippen LogP contribution in [0.2, 0.25) is 0 Å². The lowest BCUT2D eigenvalue weighted by molar-refractivity contribution is 0.193. The van der Waals surface area contributed by atoms with Crippen LogP contribution >= 0.6 is 0 Å². The third-order valence-corrected chi connectivity index (χ3v) is 1.25. The number of hydrogen-bond acceptors (Lipinski definition) is 3. The molecule has 0 amide bonds. The highest BCUT2D eigenvalue weighted by molar-refractivity contribution is 5.06. The highest BCUT2D eigenvalue weighted by atomic mass is 16.3. The van der Waals surface area contributed by atoms with Crippen molar-refractivity contribution in [1.29, 1.82) is 0 Å². The van der Waals surface area contributed by atoms with E-state index in [1.165, 1.54) is 0 Å². The summed E-state index contributed by atoms with van der Waals surface area (Å²) in [4.78, 5) is 0. The number of aryl methyl sites for hydroxylation is 1. The van der Waals surface area contributed by atoms with Crippen LogP contribution in [0.4, 0.5) is 0 Å². The van der Waals surface area contributed by atoms with Crippen molar-refractivity contribution in [3.05, 3.63) is 23.5 Å². The van der Waals surface area contributed by atoms with E-state index in [4.69, 9.17) is 5.11 Å². The van der Waals surface area contributed by atoms with E-state index in [1.54, 1.807) is 13.0 Å². The fraction of sp³-hybridized carbons (Fsp3) is 0.429. The summed E-state index contributed by atoms with van der Waals surface area (Å²) in [5, 5.41) is 16.6. The second kappa shape index (κ2) is 2.75. The highest BCUT2D eigenvalue weighted by Gasteiger charge is 2.00. The molecule has 0 aromatic carbocycles. The molecular formula is C7H10N2O. The van der Waals surface area contributed by atoms with Crippen LogP contribution in [0.5, 0.6) is 0 Å². The minimum absolute atomic E-state index is 0.520. The fourth-order valence-corrected chi connectivity index (χ4v) is 0.632. The Morgan fingerprint density at radius 2 is 2.10 bits per heavy atom. The Hall–Kier alpha value is -0.960. The van der Waals surface area contributed by atoms with E-state index in [2.05, 4.69) is 10.2 Å². The van der Waals surface area contributed by atoms with Crippen LogP contribution < -0.4 is 0 Å². The molecule has 0 fully saturated rings. The summed E-state index contributed by atoms with van der Waals surface area (Å²) in [6.07, 6.45) is -0.520. The van der Waals surface area contributed by atoms with E-state index >= 15 is 0 Å². The van der Waals surface area contributed by atoms with Gasteiger partial charge in [0.25, 0.3) is 0 Å². The lowest BCUT2D eigenvalue weighted by Crippen LogP contribution is -1.97. The normalized spacial score (nSPS) is 13.1. The molecular weight excluding hydrogens is 128 g/mol. The van der Waals surface area contributed by atoms with Gasteiger partial charge in [0.2, 0.25) is 0 Å². The largest absolute Gasteiger partial charge is 0.387 e. The molecule has 0 saturated carbocycles. The van der Waals surface area contributed by atoms with Crippen LogP contribution in [-0.2, 0) is 0 Å². The summed E-state index contributed by atoms with van der Waals surface area (Å²) in [6.45, 7) is 3.53. The van der Waals surface area contributed by atoms with E-state index in [-0.39, 0.29) is 0 Å². The number of hydrogen-bond donors (Lipinski definition) is 1. The second-order valence-electron chi connectivity index (χ2n) is 2.28. The molecule has 1 rings (SSSR count). The van der Waals surface area contributed by atoms with Gasteiger partial charge in [0, 0.05) is 0 Å². The van der Waals surface area contributed by atoms with Gasteiger partial charge in [-0.2, -0.15) is 10.2 Å². The molecule has 1 atom stereocenters. The molecule has 3 nitrogen and oxygen atoms in total. The van der Waals surface area contributed by atoms with Gasteiger partial charge in [-0.05, 0) is 26.0 Å². The van der Waals surface area contributed by atoms with E-state index in [9.17, 15) is 0 Å². The molecule has 3 heteroatoms. The molecule has 0 bridgehead atoms. The first-order chi connectivity index (χ1) is 4.70. The Balaban J connectivity index is 2.89. The molecule has 1 aromatic rings. The van der Waals surface area contributed by atoms with Gasteiger partial charge >= 0.3 is 0 Å². The zero-order valence-electron chi connectivity index (χ0n) is 6.07. The van der Waals surface area contributed by atoms with Gasteiger partial charge < -0.3 is 5.11 Å². The van der Waals surface area contributed by atoms with Crippen LogP contribution in [0.25, 0.3) is 0 Å². The van der Waals surface area contributed by atoms with Gasteiger partial charge in [0.05, 0.1) is 17.5 Å². The van der Waals surface area contributed by atoms with Gasteiger partial charge in [-0.15, -0.1) is 0 Å². The SMILES string of the molecule is Cc1ccc(C(C)O)nn1. The molecule has 1 N–H and O–H groups in total. The summed E-state index contributed by atoms with van der Waals surface area (Å²) in [7, 11) is 0. The van der Waals surface area contributed by atoms with E-state index < -0.39 is 6.10 Å². The third-order valence-electron chi connectivity index (χ3n) is 1.25. The fourth-order valence-electron chi connectivity index (χ4n) is 0.632. The van der Waals surface area contributed by atoms with E-state index in [0.717, 1.165) is 5.69 Å². The van der Waals surface area contributed by atoms with Gasteiger partial charge in [-0.1, -0.05) is 0 Å². The first-order valence-electron chi connectivity index (χ1n) is 3.18. The predicted molar refractivity (Wildman–Crippen MR) is 37.4 cm³/mol. The first kappa shape index (κ1) is 7.15. The maximum Gasteiger partial charge on any atom is 0.0950 e. The Morgan fingerprint density at radius 1 is 1.40 bits per heavy atom. The zero-order chi connectivity index (χ0) is 7.56. The first-order valence-corrected chi connectivity index (χ1v) is 3.18. The van der Waals surface area contributed by atoms with Crippen LogP contribution in [-0.4, -0.2) is 15.3 Å². The predicted octanol–water partition coefficient (Wildman–Crippen LogP) is 0.838. The minimum atomic E-state index is -0.520. The monoisotopic (exact) mass is 138 g/mol. The molecule has 0 aliphatic heterocycles. The molecule has 0 aliphatic rings. The Bertz CT molecular complexity index is 205. The van der Waals surface area contributed by atoms with Gasteiger partial charge in [-0.3, -0.25) is 0 Å². The summed E-state index contributed by atoms with van der Waals surface area (Å²) < 4.78 is 0. The standard InChI is InChI=1S/C7H10N2O/c1-5-3-4-7(6(2)10)9-8-5/h3-4,6,10H,1-2H3. The molecule has 0 spiro atoms. The zero-order valence-corrected chi connectivity index (χ0v) is 6.07.